The molecule has 1 heterocycles. The summed E-state index contributed by atoms with van der Waals surface area (Å²) < 4.78 is 5.48. The van der Waals surface area contributed by atoms with Gasteiger partial charge in [0.25, 0.3) is 6.01 Å². The van der Waals surface area contributed by atoms with Crippen LogP contribution in [0.2, 0.25) is 0 Å². The smallest absolute Gasteiger partial charge is 0.299 e. The Morgan fingerprint density at radius 1 is 1.31 bits per heavy atom. The molecule has 3 heteroatoms. The number of nitrogens with one attached hydrogen (secondary N) is 1. The molecule has 1 aromatic heterocycles. The van der Waals surface area contributed by atoms with E-state index in [1.54, 1.807) is 12.4 Å². The number of benzene rings is 1. The summed E-state index contributed by atoms with van der Waals surface area (Å²) in [6, 6.07) is 8.35. The van der Waals surface area contributed by atoms with Crippen LogP contribution in [0.5, 0.6) is 11.8 Å². The Morgan fingerprint density at radius 2 is 2.15 bits per heavy atom. The number of hydrogen-bond donors (Lipinski definition) is 1. The van der Waals surface area contributed by atoms with Gasteiger partial charge >= 0.3 is 0 Å². The van der Waals surface area contributed by atoms with Gasteiger partial charge in [-0.15, -0.1) is 0 Å². The minimum absolute atomic E-state index is 0.523. The Hall–Kier alpha value is -1.77. The number of aromatic nitrogens is 2. The first-order valence-electron chi connectivity index (χ1n) is 4.09. The SMILES string of the molecule is Cc1ccccc1Oc1ncc[nH]1. The first-order chi connectivity index (χ1) is 6.36. The van der Waals surface area contributed by atoms with E-state index < -0.39 is 0 Å². The van der Waals surface area contributed by atoms with Gasteiger partial charge in [0.2, 0.25) is 0 Å². The molecule has 0 saturated carbocycles. The topological polar surface area (TPSA) is 37.9 Å². The number of aryl methyl sites for hydroxylation is 1. The van der Waals surface area contributed by atoms with Crippen LogP contribution in [0.15, 0.2) is 36.7 Å². The number of nitrogens with zero attached hydrogens (tertiary/aromatic N) is 1. The molecule has 13 heavy (non-hydrogen) atoms. The predicted octanol–water partition coefficient (Wildman–Crippen LogP) is 2.51. The first-order valence-corrected chi connectivity index (χ1v) is 4.09. The molecule has 0 atom stereocenters. The van der Waals surface area contributed by atoms with E-state index in [0.717, 1.165) is 11.3 Å². The van der Waals surface area contributed by atoms with Crippen LogP contribution in [0.3, 0.4) is 0 Å². The van der Waals surface area contributed by atoms with E-state index in [0.29, 0.717) is 6.01 Å². The van der Waals surface area contributed by atoms with Crippen LogP contribution in [0, 0.1) is 6.92 Å². The largest absolute Gasteiger partial charge is 0.425 e. The maximum Gasteiger partial charge on any atom is 0.299 e. The highest BCUT2D eigenvalue weighted by Gasteiger charge is 2.00. The van der Waals surface area contributed by atoms with Crippen LogP contribution >= 0.6 is 0 Å². The fourth-order valence-corrected chi connectivity index (χ4v) is 1.08. The lowest BCUT2D eigenvalue weighted by atomic mass is 10.2. The molecule has 0 aliphatic rings. The van der Waals surface area contributed by atoms with Crippen molar-refractivity contribution >= 4 is 0 Å². The number of para-hydroxylation sites is 1. The van der Waals surface area contributed by atoms with Crippen molar-refractivity contribution in [3.8, 4) is 11.8 Å². The van der Waals surface area contributed by atoms with Crippen molar-refractivity contribution in [2.45, 2.75) is 6.92 Å². The molecule has 66 valence electrons. The molecule has 0 amide bonds. The molecule has 0 spiro atoms. The molecule has 0 saturated heterocycles. The maximum absolute atomic E-state index is 5.48. The van der Waals surface area contributed by atoms with Crippen LogP contribution < -0.4 is 4.74 Å². The summed E-state index contributed by atoms with van der Waals surface area (Å²) >= 11 is 0. The Kier molecular flexibility index (Phi) is 2.00. The molecule has 0 bridgehead atoms. The molecular formula is C10H10N2O. The predicted molar refractivity (Wildman–Crippen MR) is 49.8 cm³/mol. The van der Waals surface area contributed by atoms with Crippen LogP contribution in [-0.2, 0) is 0 Å². The van der Waals surface area contributed by atoms with Gasteiger partial charge in [-0.05, 0) is 18.6 Å². The second-order valence-electron chi connectivity index (χ2n) is 2.76. The second kappa shape index (κ2) is 3.31. The Bertz CT molecular complexity index is 382. The summed E-state index contributed by atoms with van der Waals surface area (Å²) in [5, 5.41) is 0. The zero-order chi connectivity index (χ0) is 9.10. The lowest BCUT2D eigenvalue weighted by molar-refractivity contribution is 0.444. The van der Waals surface area contributed by atoms with Gasteiger partial charge in [-0.1, -0.05) is 18.2 Å². The second-order valence-corrected chi connectivity index (χ2v) is 2.76. The molecule has 2 aromatic rings. The zero-order valence-corrected chi connectivity index (χ0v) is 7.32. The minimum atomic E-state index is 0.523. The molecule has 1 aromatic carbocycles. The molecule has 0 aliphatic heterocycles. The van der Waals surface area contributed by atoms with Crippen LogP contribution in [0.1, 0.15) is 5.56 Å². The third-order valence-corrected chi connectivity index (χ3v) is 1.77. The van der Waals surface area contributed by atoms with E-state index >= 15 is 0 Å². The summed E-state index contributed by atoms with van der Waals surface area (Å²) in [5.41, 5.74) is 1.10. The van der Waals surface area contributed by atoms with Gasteiger partial charge in [0.15, 0.2) is 0 Å². The molecule has 0 unspecified atom stereocenters. The number of H-pyrrole nitrogens is 1. The van der Waals surface area contributed by atoms with E-state index in [1.807, 2.05) is 31.2 Å². The summed E-state index contributed by atoms with van der Waals surface area (Å²) in [5.74, 6) is 0.831. The van der Waals surface area contributed by atoms with E-state index in [9.17, 15) is 0 Å². The number of aromatic amines is 1. The van der Waals surface area contributed by atoms with Crippen LogP contribution in [0.4, 0.5) is 0 Å². The van der Waals surface area contributed by atoms with Crippen molar-refractivity contribution in [3.63, 3.8) is 0 Å². The average Bonchev–Trinajstić information content (AvgIpc) is 2.61. The van der Waals surface area contributed by atoms with Crippen molar-refractivity contribution in [1.82, 2.24) is 9.97 Å². The maximum atomic E-state index is 5.48. The summed E-state index contributed by atoms with van der Waals surface area (Å²) in [6.45, 7) is 2.00. The average molecular weight is 174 g/mol. The van der Waals surface area contributed by atoms with Gasteiger partial charge in [0, 0.05) is 12.4 Å². The van der Waals surface area contributed by atoms with Gasteiger partial charge in [0.1, 0.15) is 5.75 Å². The molecule has 3 nitrogen and oxygen atoms in total. The Balaban J connectivity index is 2.24. The highest BCUT2D eigenvalue weighted by atomic mass is 16.5. The van der Waals surface area contributed by atoms with Crippen molar-refractivity contribution < 1.29 is 4.74 Å². The Labute approximate surface area is 76.4 Å². The van der Waals surface area contributed by atoms with Gasteiger partial charge in [-0.2, -0.15) is 0 Å². The third kappa shape index (κ3) is 1.69. The van der Waals surface area contributed by atoms with Crippen molar-refractivity contribution in [2.24, 2.45) is 0 Å². The summed E-state index contributed by atoms with van der Waals surface area (Å²) in [7, 11) is 0. The fourth-order valence-electron chi connectivity index (χ4n) is 1.08. The minimum Gasteiger partial charge on any atom is -0.425 e. The van der Waals surface area contributed by atoms with Crippen molar-refractivity contribution in [2.75, 3.05) is 0 Å². The van der Waals surface area contributed by atoms with Gasteiger partial charge < -0.3 is 9.72 Å². The lowest BCUT2D eigenvalue weighted by Gasteiger charge is -2.03. The van der Waals surface area contributed by atoms with Gasteiger partial charge in [-0.3, -0.25) is 0 Å². The molecule has 0 fully saturated rings. The monoisotopic (exact) mass is 174 g/mol. The normalized spacial score (nSPS) is 9.92. The quantitative estimate of drug-likeness (QED) is 0.759. The Morgan fingerprint density at radius 3 is 2.85 bits per heavy atom. The number of ether oxygens (including phenoxy) is 1. The fraction of sp³-hybridized carbons (Fsp3) is 0.100. The number of hydrogen-bond acceptors (Lipinski definition) is 2. The molecule has 0 aliphatic carbocycles. The van der Waals surface area contributed by atoms with Gasteiger partial charge in [0.05, 0.1) is 0 Å². The van der Waals surface area contributed by atoms with Crippen LogP contribution in [0.25, 0.3) is 0 Å². The first kappa shape index (κ1) is 7.86. The molecular weight excluding hydrogens is 164 g/mol. The van der Waals surface area contributed by atoms with E-state index in [4.69, 9.17) is 4.74 Å². The molecule has 0 radical (unpaired) electrons. The third-order valence-electron chi connectivity index (χ3n) is 1.77. The van der Waals surface area contributed by atoms with Crippen molar-refractivity contribution in [3.05, 3.63) is 42.2 Å². The van der Waals surface area contributed by atoms with Gasteiger partial charge in [-0.25, -0.2) is 4.98 Å². The van der Waals surface area contributed by atoms with E-state index in [1.165, 1.54) is 0 Å². The summed E-state index contributed by atoms with van der Waals surface area (Å²) in [6.07, 6.45) is 3.39. The highest BCUT2D eigenvalue weighted by molar-refractivity contribution is 5.33. The summed E-state index contributed by atoms with van der Waals surface area (Å²) in [4.78, 5) is 6.85. The van der Waals surface area contributed by atoms with E-state index in [2.05, 4.69) is 9.97 Å². The number of imidazole rings is 1. The van der Waals surface area contributed by atoms with Crippen LogP contribution in [-0.4, -0.2) is 9.97 Å². The standard InChI is InChI=1S/C10H10N2O/c1-8-4-2-3-5-9(8)13-10-11-6-7-12-10/h2-7H,1H3,(H,11,12). The lowest BCUT2D eigenvalue weighted by Crippen LogP contribution is -1.87. The number of rotatable bonds is 2. The van der Waals surface area contributed by atoms with Crippen molar-refractivity contribution in [1.29, 1.82) is 0 Å². The molecule has 1 N–H and O–H groups in total. The molecule has 2 rings (SSSR count). The highest BCUT2D eigenvalue weighted by Crippen LogP contribution is 2.20. The van der Waals surface area contributed by atoms with E-state index in [-0.39, 0.29) is 0 Å². The zero-order valence-electron chi connectivity index (χ0n) is 7.32.